The minimum Gasteiger partial charge on any atom is -0.347 e. The van der Waals surface area contributed by atoms with Crippen LogP contribution in [0.5, 0.6) is 0 Å². The van der Waals surface area contributed by atoms with E-state index in [4.69, 9.17) is 0 Å². The molecule has 2 saturated heterocycles. The standard InChI is InChI=1S/C16H26N4O/c1-12(2)11-19-10-8-18-15(16(19)21)20-9-4-6-14(20)13-5-3-7-17-13/h8,10,12-14,17H,3-7,9,11H2,1-2H3. The van der Waals surface area contributed by atoms with Crippen molar-refractivity contribution < 1.29 is 0 Å². The Bertz CT molecular complexity index is 533. The first-order valence-corrected chi connectivity index (χ1v) is 8.22. The average Bonchev–Trinajstić information content (AvgIpc) is 3.09. The lowest BCUT2D eigenvalue weighted by molar-refractivity contribution is 0.474. The summed E-state index contributed by atoms with van der Waals surface area (Å²) in [5, 5.41) is 3.59. The Morgan fingerprint density at radius 2 is 2.24 bits per heavy atom. The van der Waals surface area contributed by atoms with Crippen molar-refractivity contribution in [3.8, 4) is 0 Å². The molecule has 0 spiro atoms. The van der Waals surface area contributed by atoms with E-state index >= 15 is 0 Å². The number of aromatic nitrogens is 2. The number of anilines is 1. The van der Waals surface area contributed by atoms with Gasteiger partial charge in [0.25, 0.3) is 5.56 Å². The normalized spacial score (nSPS) is 26.0. The fraction of sp³-hybridized carbons (Fsp3) is 0.750. The molecule has 5 heteroatoms. The van der Waals surface area contributed by atoms with E-state index in [1.165, 1.54) is 12.8 Å². The van der Waals surface area contributed by atoms with Gasteiger partial charge in [-0.2, -0.15) is 0 Å². The average molecular weight is 290 g/mol. The van der Waals surface area contributed by atoms with Gasteiger partial charge in [0.2, 0.25) is 0 Å². The SMILES string of the molecule is CC(C)Cn1ccnc(N2CCCC2C2CCCN2)c1=O. The Morgan fingerprint density at radius 3 is 2.95 bits per heavy atom. The van der Waals surface area contributed by atoms with Gasteiger partial charge in [-0.1, -0.05) is 13.8 Å². The molecule has 0 saturated carbocycles. The van der Waals surface area contributed by atoms with E-state index in [1.807, 2.05) is 10.8 Å². The van der Waals surface area contributed by atoms with Crippen LogP contribution in [0.1, 0.15) is 39.5 Å². The molecule has 5 nitrogen and oxygen atoms in total. The first kappa shape index (κ1) is 14.6. The van der Waals surface area contributed by atoms with Gasteiger partial charge >= 0.3 is 0 Å². The molecule has 2 aliphatic rings. The molecule has 0 aromatic carbocycles. The van der Waals surface area contributed by atoms with Crippen LogP contribution in [0.25, 0.3) is 0 Å². The van der Waals surface area contributed by atoms with Crippen LogP contribution in [0.3, 0.4) is 0 Å². The number of nitrogens with zero attached hydrogens (tertiary/aromatic N) is 3. The van der Waals surface area contributed by atoms with Gasteiger partial charge in [0, 0.05) is 37.6 Å². The van der Waals surface area contributed by atoms with Gasteiger partial charge in [0.05, 0.1) is 0 Å². The molecule has 2 atom stereocenters. The van der Waals surface area contributed by atoms with Crippen LogP contribution in [-0.2, 0) is 6.54 Å². The smallest absolute Gasteiger partial charge is 0.293 e. The molecule has 2 unspecified atom stereocenters. The molecule has 1 N–H and O–H groups in total. The van der Waals surface area contributed by atoms with E-state index in [9.17, 15) is 4.79 Å². The van der Waals surface area contributed by atoms with E-state index in [-0.39, 0.29) is 5.56 Å². The molecule has 0 bridgehead atoms. The molecular formula is C16H26N4O. The summed E-state index contributed by atoms with van der Waals surface area (Å²) in [6.07, 6.45) is 8.37. The van der Waals surface area contributed by atoms with Gasteiger partial charge in [-0.3, -0.25) is 4.79 Å². The first-order chi connectivity index (χ1) is 10.2. The largest absolute Gasteiger partial charge is 0.347 e. The van der Waals surface area contributed by atoms with Gasteiger partial charge in [-0.25, -0.2) is 4.98 Å². The summed E-state index contributed by atoms with van der Waals surface area (Å²) in [7, 11) is 0. The molecule has 2 fully saturated rings. The molecule has 3 heterocycles. The second-order valence-corrected chi connectivity index (χ2v) is 6.71. The van der Waals surface area contributed by atoms with Crippen molar-refractivity contribution in [2.24, 2.45) is 5.92 Å². The maximum Gasteiger partial charge on any atom is 0.293 e. The van der Waals surface area contributed by atoms with Crippen molar-refractivity contribution in [1.29, 1.82) is 0 Å². The van der Waals surface area contributed by atoms with Crippen molar-refractivity contribution in [2.75, 3.05) is 18.0 Å². The van der Waals surface area contributed by atoms with Gasteiger partial charge < -0.3 is 14.8 Å². The van der Waals surface area contributed by atoms with Gasteiger partial charge in [0.15, 0.2) is 5.82 Å². The zero-order valence-electron chi connectivity index (χ0n) is 13.1. The molecule has 1 aromatic heterocycles. The summed E-state index contributed by atoms with van der Waals surface area (Å²) in [6.45, 7) is 7.08. The van der Waals surface area contributed by atoms with Crippen LogP contribution in [0.15, 0.2) is 17.2 Å². The number of hydrogen-bond donors (Lipinski definition) is 1. The third kappa shape index (κ3) is 2.98. The lowest BCUT2D eigenvalue weighted by Crippen LogP contribution is -2.46. The Morgan fingerprint density at radius 1 is 1.38 bits per heavy atom. The van der Waals surface area contributed by atoms with E-state index in [0.717, 1.165) is 32.5 Å². The molecule has 0 aliphatic carbocycles. The quantitative estimate of drug-likeness (QED) is 0.915. The highest BCUT2D eigenvalue weighted by Gasteiger charge is 2.35. The third-order valence-corrected chi connectivity index (χ3v) is 4.59. The van der Waals surface area contributed by atoms with Crippen molar-refractivity contribution in [1.82, 2.24) is 14.9 Å². The predicted molar refractivity (Wildman–Crippen MR) is 84.7 cm³/mol. The van der Waals surface area contributed by atoms with Crippen LogP contribution in [0.4, 0.5) is 5.82 Å². The highest BCUT2D eigenvalue weighted by molar-refractivity contribution is 5.39. The number of hydrogen-bond acceptors (Lipinski definition) is 4. The van der Waals surface area contributed by atoms with Crippen LogP contribution >= 0.6 is 0 Å². The summed E-state index contributed by atoms with van der Waals surface area (Å²) in [4.78, 5) is 19.4. The summed E-state index contributed by atoms with van der Waals surface area (Å²) in [5.41, 5.74) is 0.0658. The van der Waals surface area contributed by atoms with Crippen molar-refractivity contribution >= 4 is 5.82 Å². The zero-order chi connectivity index (χ0) is 14.8. The van der Waals surface area contributed by atoms with Crippen LogP contribution in [-0.4, -0.2) is 34.7 Å². The minimum absolute atomic E-state index is 0.0658. The van der Waals surface area contributed by atoms with Crippen LogP contribution in [0.2, 0.25) is 0 Å². The number of nitrogens with one attached hydrogen (secondary N) is 1. The fourth-order valence-corrected chi connectivity index (χ4v) is 3.68. The molecule has 21 heavy (non-hydrogen) atoms. The predicted octanol–water partition coefficient (Wildman–Crippen LogP) is 1.62. The zero-order valence-corrected chi connectivity index (χ0v) is 13.1. The molecule has 3 rings (SSSR count). The molecular weight excluding hydrogens is 264 g/mol. The first-order valence-electron chi connectivity index (χ1n) is 8.22. The van der Waals surface area contributed by atoms with Gasteiger partial charge in [-0.15, -0.1) is 0 Å². The third-order valence-electron chi connectivity index (χ3n) is 4.59. The van der Waals surface area contributed by atoms with E-state index in [2.05, 4.69) is 29.0 Å². The second-order valence-electron chi connectivity index (χ2n) is 6.71. The van der Waals surface area contributed by atoms with Crippen molar-refractivity contribution in [3.05, 3.63) is 22.7 Å². The maximum atomic E-state index is 12.7. The second kappa shape index (κ2) is 6.18. The minimum atomic E-state index is 0.0658. The Kier molecular flexibility index (Phi) is 4.29. The van der Waals surface area contributed by atoms with Crippen LogP contribution in [0, 0.1) is 5.92 Å². The highest BCUT2D eigenvalue weighted by atomic mass is 16.1. The summed E-state index contributed by atoms with van der Waals surface area (Å²) in [5.74, 6) is 1.11. The summed E-state index contributed by atoms with van der Waals surface area (Å²) < 4.78 is 1.81. The van der Waals surface area contributed by atoms with E-state index in [1.54, 1.807) is 6.20 Å². The molecule has 2 aliphatic heterocycles. The summed E-state index contributed by atoms with van der Waals surface area (Å²) in [6, 6.07) is 0.954. The Labute approximate surface area is 126 Å². The lowest BCUT2D eigenvalue weighted by Gasteiger charge is -2.30. The van der Waals surface area contributed by atoms with Crippen molar-refractivity contribution in [3.63, 3.8) is 0 Å². The Hall–Kier alpha value is -1.36. The number of rotatable bonds is 4. The molecule has 116 valence electrons. The molecule has 0 amide bonds. The van der Waals surface area contributed by atoms with Gasteiger partial charge in [-0.05, 0) is 38.1 Å². The van der Waals surface area contributed by atoms with Crippen LogP contribution < -0.4 is 15.8 Å². The molecule has 1 aromatic rings. The van der Waals surface area contributed by atoms with E-state index in [0.29, 0.717) is 23.8 Å². The Balaban J connectivity index is 1.86. The van der Waals surface area contributed by atoms with E-state index < -0.39 is 0 Å². The lowest BCUT2D eigenvalue weighted by atomic mass is 10.0. The topological polar surface area (TPSA) is 50.2 Å². The molecule has 0 radical (unpaired) electrons. The van der Waals surface area contributed by atoms with Gasteiger partial charge in [0.1, 0.15) is 0 Å². The maximum absolute atomic E-state index is 12.7. The highest BCUT2D eigenvalue weighted by Crippen LogP contribution is 2.27. The van der Waals surface area contributed by atoms with Crippen molar-refractivity contribution in [2.45, 2.75) is 58.2 Å². The monoisotopic (exact) mass is 290 g/mol. The fourth-order valence-electron chi connectivity index (χ4n) is 3.68. The summed E-state index contributed by atoms with van der Waals surface area (Å²) >= 11 is 0.